The summed E-state index contributed by atoms with van der Waals surface area (Å²) < 4.78 is 5.07. The molecule has 0 bridgehead atoms. The highest BCUT2D eigenvalue weighted by atomic mass is 16.5. The van der Waals surface area contributed by atoms with Crippen molar-refractivity contribution in [1.29, 1.82) is 0 Å². The number of aromatic amines is 1. The lowest BCUT2D eigenvalue weighted by Crippen LogP contribution is -2.18. The maximum Gasteiger partial charge on any atom is 0.341 e. The second kappa shape index (κ2) is 8.14. The molecule has 7 heteroatoms. The summed E-state index contributed by atoms with van der Waals surface area (Å²) in [4.78, 5) is 37.4. The van der Waals surface area contributed by atoms with Gasteiger partial charge in [-0.05, 0) is 30.5 Å². The molecule has 3 N–H and O–H groups in total. The van der Waals surface area contributed by atoms with E-state index in [1.165, 1.54) is 12.1 Å². The van der Waals surface area contributed by atoms with Crippen LogP contribution in [0, 0.1) is 5.92 Å². The molecule has 0 atom stereocenters. The molecular weight excluding hydrogens is 324 g/mol. The molecule has 1 heterocycles. The fourth-order valence-electron chi connectivity index (χ4n) is 2.29. The zero-order chi connectivity index (χ0) is 18.4. The molecule has 0 unspecified atom stereocenters. The number of amides is 1. The molecule has 0 saturated carbocycles. The average Bonchev–Trinajstić information content (AvgIpc) is 2.52. The largest absolute Gasteiger partial charge is 0.482 e. The van der Waals surface area contributed by atoms with Gasteiger partial charge in [0.05, 0.1) is 0 Å². The lowest BCUT2D eigenvalue weighted by molar-refractivity contribution is -0.139. The highest BCUT2D eigenvalue weighted by Gasteiger charge is 2.10. The van der Waals surface area contributed by atoms with Crippen molar-refractivity contribution >= 4 is 17.6 Å². The molecule has 0 aliphatic carbocycles. The quantitative estimate of drug-likeness (QED) is 0.714. The van der Waals surface area contributed by atoms with Crippen LogP contribution in [0.1, 0.15) is 29.9 Å². The summed E-state index contributed by atoms with van der Waals surface area (Å²) in [6, 6.07) is 9.28. The van der Waals surface area contributed by atoms with Crippen molar-refractivity contribution in [2.75, 3.05) is 11.9 Å². The van der Waals surface area contributed by atoms with Gasteiger partial charge in [0.2, 0.25) is 5.56 Å². The summed E-state index contributed by atoms with van der Waals surface area (Å²) >= 11 is 0. The zero-order valence-electron chi connectivity index (χ0n) is 14.0. The van der Waals surface area contributed by atoms with Crippen LogP contribution in [0.4, 0.5) is 5.69 Å². The van der Waals surface area contributed by atoms with Gasteiger partial charge in [-0.15, -0.1) is 0 Å². The number of nitrogens with one attached hydrogen (secondary N) is 2. The molecule has 0 aliphatic rings. The van der Waals surface area contributed by atoms with E-state index in [0.717, 1.165) is 0 Å². The molecule has 0 aliphatic heterocycles. The van der Waals surface area contributed by atoms with Gasteiger partial charge in [0.15, 0.2) is 6.61 Å². The van der Waals surface area contributed by atoms with Crippen molar-refractivity contribution in [3.8, 4) is 5.75 Å². The molecule has 2 aromatic rings. The van der Waals surface area contributed by atoms with E-state index in [9.17, 15) is 14.4 Å². The van der Waals surface area contributed by atoms with Crippen LogP contribution in [0.2, 0.25) is 0 Å². The number of carbonyl (C=O) groups excluding carboxylic acids is 1. The first-order chi connectivity index (χ1) is 11.8. The maximum absolute atomic E-state index is 12.4. The van der Waals surface area contributed by atoms with E-state index in [1.807, 2.05) is 13.8 Å². The van der Waals surface area contributed by atoms with Crippen molar-refractivity contribution in [3.05, 3.63) is 58.0 Å². The zero-order valence-corrected chi connectivity index (χ0v) is 14.0. The Morgan fingerprint density at radius 1 is 1.24 bits per heavy atom. The van der Waals surface area contributed by atoms with E-state index in [0.29, 0.717) is 29.5 Å². The first-order valence-electron chi connectivity index (χ1n) is 7.82. The summed E-state index contributed by atoms with van der Waals surface area (Å²) in [5.41, 5.74) is 1.07. The number of hydrogen-bond acceptors (Lipinski definition) is 4. The third-order valence-electron chi connectivity index (χ3n) is 3.24. The van der Waals surface area contributed by atoms with Gasteiger partial charge >= 0.3 is 5.97 Å². The van der Waals surface area contributed by atoms with Crippen molar-refractivity contribution in [1.82, 2.24) is 4.98 Å². The Morgan fingerprint density at radius 2 is 2.00 bits per heavy atom. The Kier molecular flexibility index (Phi) is 5.94. The number of pyridine rings is 1. The Balaban J connectivity index is 2.14. The van der Waals surface area contributed by atoms with Crippen molar-refractivity contribution in [2.24, 2.45) is 5.92 Å². The highest BCUT2D eigenvalue weighted by Crippen LogP contribution is 2.18. The van der Waals surface area contributed by atoms with E-state index in [4.69, 9.17) is 9.84 Å². The van der Waals surface area contributed by atoms with Crippen LogP contribution in [0.25, 0.3) is 0 Å². The molecule has 0 fully saturated rings. The topological polar surface area (TPSA) is 108 Å². The number of carboxylic acids is 1. The number of H-pyrrole nitrogens is 1. The minimum atomic E-state index is -1.09. The number of anilines is 1. The second-order valence-electron chi connectivity index (χ2n) is 6.02. The number of hydrogen-bond donors (Lipinski definition) is 3. The second-order valence-corrected chi connectivity index (χ2v) is 6.02. The number of ether oxygens (including phenoxy) is 1. The molecule has 2 rings (SSSR count). The van der Waals surface area contributed by atoms with E-state index >= 15 is 0 Å². The van der Waals surface area contributed by atoms with Crippen LogP contribution < -0.4 is 15.6 Å². The molecule has 25 heavy (non-hydrogen) atoms. The Morgan fingerprint density at radius 3 is 2.68 bits per heavy atom. The third-order valence-corrected chi connectivity index (χ3v) is 3.24. The van der Waals surface area contributed by atoms with Crippen molar-refractivity contribution < 1.29 is 19.4 Å². The van der Waals surface area contributed by atoms with Gasteiger partial charge in [0.25, 0.3) is 5.91 Å². The van der Waals surface area contributed by atoms with Crippen LogP contribution in [0.3, 0.4) is 0 Å². The summed E-state index contributed by atoms with van der Waals surface area (Å²) in [7, 11) is 0. The van der Waals surface area contributed by atoms with Crippen LogP contribution in [-0.2, 0) is 11.2 Å². The minimum Gasteiger partial charge on any atom is -0.482 e. The Bertz CT molecular complexity index is 826. The first kappa shape index (κ1) is 18.3. The minimum absolute atomic E-state index is 0.260. The van der Waals surface area contributed by atoms with E-state index in [-0.39, 0.29) is 11.1 Å². The van der Waals surface area contributed by atoms with Crippen molar-refractivity contribution in [2.45, 2.75) is 20.3 Å². The molecule has 0 spiro atoms. The third kappa shape index (κ3) is 5.80. The van der Waals surface area contributed by atoms with Gasteiger partial charge in [-0.1, -0.05) is 19.9 Å². The SMILES string of the molecule is CC(C)Cc1cc(C(=O)Nc2cccc(OCC(=O)O)c2)cc(=O)[nH]1. The van der Waals surface area contributed by atoms with E-state index in [2.05, 4.69) is 10.3 Å². The van der Waals surface area contributed by atoms with Gasteiger partial charge in [-0.3, -0.25) is 9.59 Å². The van der Waals surface area contributed by atoms with Gasteiger partial charge < -0.3 is 20.1 Å². The molecule has 1 aromatic heterocycles. The Hall–Kier alpha value is -3.09. The van der Waals surface area contributed by atoms with E-state index < -0.39 is 18.5 Å². The van der Waals surface area contributed by atoms with E-state index in [1.54, 1.807) is 24.3 Å². The predicted molar refractivity (Wildman–Crippen MR) is 93.1 cm³/mol. The molecule has 1 aromatic carbocycles. The van der Waals surface area contributed by atoms with Gasteiger partial charge in [0.1, 0.15) is 5.75 Å². The fraction of sp³-hybridized carbons (Fsp3) is 0.278. The number of carboxylic acid groups (broad SMARTS) is 1. The van der Waals surface area contributed by atoms with Gasteiger partial charge in [-0.2, -0.15) is 0 Å². The summed E-state index contributed by atoms with van der Waals surface area (Å²) in [5, 5.41) is 11.3. The number of benzene rings is 1. The lowest BCUT2D eigenvalue weighted by Gasteiger charge is -2.09. The van der Waals surface area contributed by atoms with Crippen LogP contribution in [0.15, 0.2) is 41.2 Å². The van der Waals surface area contributed by atoms with Crippen molar-refractivity contribution in [3.63, 3.8) is 0 Å². The lowest BCUT2D eigenvalue weighted by atomic mass is 10.1. The number of aliphatic carboxylic acids is 1. The molecule has 0 saturated heterocycles. The van der Waals surface area contributed by atoms with Gasteiger partial charge in [-0.25, -0.2) is 4.79 Å². The summed E-state index contributed by atoms with van der Waals surface area (Å²) in [6.07, 6.45) is 0.662. The van der Waals surface area contributed by atoms with Crippen LogP contribution in [-0.4, -0.2) is 28.6 Å². The smallest absolute Gasteiger partial charge is 0.341 e. The molecule has 0 radical (unpaired) electrons. The summed E-state index contributed by atoms with van der Waals surface area (Å²) in [5.74, 6) is -0.842. The highest BCUT2D eigenvalue weighted by molar-refractivity contribution is 6.04. The Labute approximate surface area is 144 Å². The molecular formula is C18H20N2O5. The number of carbonyl (C=O) groups is 2. The number of aromatic nitrogens is 1. The van der Waals surface area contributed by atoms with Crippen LogP contribution >= 0.6 is 0 Å². The van der Waals surface area contributed by atoms with Gasteiger partial charge in [0, 0.05) is 29.1 Å². The molecule has 1 amide bonds. The molecule has 132 valence electrons. The average molecular weight is 344 g/mol. The summed E-state index contributed by atoms with van der Waals surface area (Å²) in [6.45, 7) is 3.57. The number of rotatable bonds is 7. The fourth-order valence-corrected chi connectivity index (χ4v) is 2.29. The standard InChI is InChI=1S/C18H20N2O5/c1-11(2)6-14-7-12(8-16(21)19-14)18(24)20-13-4-3-5-15(9-13)25-10-17(22)23/h3-5,7-9,11H,6,10H2,1-2H3,(H,19,21)(H,20,24)(H,22,23). The monoisotopic (exact) mass is 344 g/mol. The maximum atomic E-state index is 12.4. The van der Waals surface area contributed by atoms with Crippen LogP contribution in [0.5, 0.6) is 5.75 Å². The first-order valence-corrected chi connectivity index (χ1v) is 7.82. The molecule has 7 nitrogen and oxygen atoms in total. The normalized spacial score (nSPS) is 10.5. The predicted octanol–water partition coefficient (Wildman–Crippen LogP) is 2.29.